The van der Waals surface area contributed by atoms with Crippen LogP contribution in [-0.2, 0) is 0 Å². The van der Waals surface area contributed by atoms with Crippen molar-refractivity contribution < 1.29 is 0 Å². The summed E-state index contributed by atoms with van der Waals surface area (Å²) in [4.78, 5) is 18.1. The van der Waals surface area contributed by atoms with Gasteiger partial charge in [-0.25, -0.2) is 15.0 Å². The lowest BCUT2D eigenvalue weighted by Crippen LogP contribution is -2.47. The molecule has 3 aromatic rings. The number of hydrogen-bond donors (Lipinski definition) is 0. The van der Waals surface area contributed by atoms with Crippen LogP contribution < -0.4 is 9.80 Å². The van der Waals surface area contributed by atoms with Crippen LogP contribution in [0.5, 0.6) is 0 Å². The second-order valence-electron chi connectivity index (χ2n) is 6.03. The largest absolute Gasteiger partial charge is 0.353 e. The number of aromatic nitrogens is 3. The summed E-state index contributed by atoms with van der Waals surface area (Å²) in [6, 6.07) is 9.94. The van der Waals surface area contributed by atoms with E-state index in [4.69, 9.17) is 16.6 Å². The van der Waals surface area contributed by atoms with Gasteiger partial charge in [0.15, 0.2) is 0 Å². The Morgan fingerprint density at radius 3 is 2.28 bits per heavy atom. The van der Waals surface area contributed by atoms with Crippen molar-refractivity contribution in [1.82, 2.24) is 15.0 Å². The Kier molecular flexibility index (Phi) is 4.48. The fraction of sp³-hybridized carbons (Fsp3) is 0.278. The van der Waals surface area contributed by atoms with Crippen LogP contribution in [0, 0.1) is 6.92 Å². The van der Waals surface area contributed by atoms with Gasteiger partial charge in [0.2, 0.25) is 0 Å². The summed E-state index contributed by atoms with van der Waals surface area (Å²) < 4.78 is 1.01. The Balaban J connectivity index is 1.54. The first-order valence-corrected chi connectivity index (χ1v) is 9.33. The van der Waals surface area contributed by atoms with Crippen LogP contribution >= 0.6 is 27.5 Å². The number of nitrogens with zero attached hydrogens (tertiary/aromatic N) is 5. The second kappa shape index (κ2) is 6.77. The SMILES string of the molecule is Cc1nccc(N2CCN(c3ccc4c(Br)ccc(Cl)c4n3)CC2)n1. The minimum atomic E-state index is 0.676. The summed E-state index contributed by atoms with van der Waals surface area (Å²) in [5.74, 6) is 2.76. The molecule has 0 bridgehead atoms. The molecule has 4 rings (SSSR count). The first-order chi connectivity index (χ1) is 12.1. The normalized spacial score (nSPS) is 15.0. The van der Waals surface area contributed by atoms with Gasteiger partial charge in [-0.15, -0.1) is 0 Å². The van der Waals surface area contributed by atoms with E-state index in [1.165, 1.54) is 0 Å². The molecule has 3 heterocycles. The van der Waals surface area contributed by atoms with Crippen molar-refractivity contribution in [3.8, 4) is 0 Å². The molecule has 0 unspecified atom stereocenters. The Labute approximate surface area is 159 Å². The fourth-order valence-corrected chi connectivity index (χ4v) is 3.76. The van der Waals surface area contributed by atoms with Crippen LogP contribution in [-0.4, -0.2) is 41.1 Å². The highest BCUT2D eigenvalue weighted by atomic mass is 79.9. The summed E-state index contributed by atoms with van der Waals surface area (Å²) in [6.45, 7) is 5.52. The van der Waals surface area contributed by atoms with Crippen LogP contribution in [0.25, 0.3) is 10.9 Å². The minimum Gasteiger partial charge on any atom is -0.353 e. The van der Waals surface area contributed by atoms with Gasteiger partial charge in [-0.3, -0.25) is 0 Å². The summed E-state index contributed by atoms with van der Waals surface area (Å²) in [5.41, 5.74) is 0.836. The van der Waals surface area contributed by atoms with Gasteiger partial charge >= 0.3 is 0 Å². The highest BCUT2D eigenvalue weighted by Crippen LogP contribution is 2.30. The molecule has 2 aromatic heterocycles. The maximum Gasteiger partial charge on any atom is 0.132 e. The molecular formula is C18H17BrClN5. The number of piperazine rings is 1. The van der Waals surface area contributed by atoms with Gasteiger partial charge in [0, 0.05) is 42.2 Å². The number of anilines is 2. The highest BCUT2D eigenvalue weighted by Gasteiger charge is 2.20. The van der Waals surface area contributed by atoms with E-state index in [1.807, 2.05) is 31.3 Å². The lowest BCUT2D eigenvalue weighted by atomic mass is 10.2. The molecule has 0 saturated carbocycles. The number of aryl methyl sites for hydroxylation is 1. The van der Waals surface area contributed by atoms with Crippen molar-refractivity contribution in [2.45, 2.75) is 6.92 Å². The Morgan fingerprint density at radius 2 is 1.60 bits per heavy atom. The van der Waals surface area contributed by atoms with Gasteiger partial charge in [-0.1, -0.05) is 27.5 Å². The predicted molar refractivity (Wildman–Crippen MR) is 106 cm³/mol. The topological polar surface area (TPSA) is 45.2 Å². The van der Waals surface area contributed by atoms with E-state index in [0.717, 1.165) is 59.0 Å². The molecule has 5 nitrogen and oxygen atoms in total. The number of fused-ring (bicyclic) bond motifs is 1. The molecule has 0 aliphatic carbocycles. The van der Waals surface area contributed by atoms with Gasteiger partial charge in [-0.2, -0.15) is 0 Å². The third-order valence-electron chi connectivity index (χ3n) is 4.43. The van der Waals surface area contributed by atoms with Gasteiger partial charge in [0.05, 0.1) is 10.5 Å². The second-order valence-corrected chi connectivity index (χ2v) is 7.29. The van der Waals surface area contributed by atoms with Gasteiger partial charge in [0.25, 0.3) is 0 Å². The van der Waals surface area contributed by atoms with E-state index in [1.54, 1.807) is 0 Å². The van der Waals surface area contributed by atoms with Crippen molar-refractivity contribution in [1.29, 1.82) is 0 Å². The molecule has 1 saturated heterocycles. The first-order valence-electron chi connectivity index (χ1n) is 8.16. The number of hydrogen-bond acceptors (Lipinski definition) is 5. The molecule has 1 aliphatic heterocycles. The lowest BCUT2D eigenvalue weighted by molar-refractivity contribution is 0.641. The van der Waals surface area contributed by atoms with E-state index in [9.17, 15) is 0 Å². The number of rotatable bonds is 2. The third kappa shape index (κ3) is 3.28. The van der Waals surface area contributed by atoms with Crippen LogP contribution in [0.1, 0.15) is 5.82 Å². The Morgan fingerprint density at radius 1 is 0.920 bits per heavy atom. The van der Waals surface area contributed by atoms with Crippen LogP contribution in [0.4, 0.5) is 11.6 Å². The monoisotopic (exact) mass is 417 g/mol. The number of halogens is 2. The molecule has 25 heavy (non-hydrogen) atoms. The Bertz CT molecular complexity index is 924. The highest BCUT2D eigenvalue weighted by molar-refractivity contribution is 9.10. The van der Waals surface area contributed by atoms with Crippen LogP contribution in [0.15, 0.2) is 41.0 Å². The third-order valence-corrected chi connectivity index (χ3v) is 5.43. The minimum absolute atomic E-state index is 0.676. The van der Waals surface area contributed by atoms with Crippen molar-refractivity contribution in [3.63, 3.8) is 0 Å². The predicted octanol–water partition coefficient (Wildman–Crippen LogP) is 4.08. The average molecular weight is 419 g/mol. The van der Waals surface area contributed by atoms with E-state index < -0.39 is 0 Å². The molecule has 0 atom stereocenters. The summed E-state index contributed by atoms with van der Waals surface area (Å²) >= 11 is 9.89. The summed E-state index contributed by atoms with van der Waals surface area (Å²) in [5, 5.41) is 1.71. The molecule has 0 N–H and O–H groups in total. The summed E-state index contributed by atoms with van der Waals surface area (Å²) in [7, 11) is 0. The molecule has 0 radical (unpaired) electrons. The standard InChI is InChI=1S/C18H17BrClN5/c1-12-21-7-6-17(22-12)25-10-8-24(9-11-25)16-5-2-13-14(19)3-4-15(20)18(13)23-16/h2-7H,8-11H2,1H3. The zero-order valence-electron chi connectivity index (χ0n) is 13.8. The van der Waals surface area contributed by atoms with Crippen molar-refractivity contribution in [3.05, 3.63) is 51.8 Å². The van der Waals surface area contributed by atoms with Gasteiger partial charge in [0.1, 0.15) is 17.5 Å². The van der Waals surface area contributed by atoms with Gasteiger partial charge in [-0.05, 0) is 37.3 Å². The average Bonchev–Trinajstić information content (AvgIpc) is 2.65. The van der Waals surface area contributed by atoms with Crippen molar-refractivity contribution in [2.75, 3.05) is 36.0 Å². The van der Waals surface area contributed by atoms with E-state index in [-0.39, 0.29) is 0 Å². The number of pyridine rings is 1. The molecule has 7 heteroatoms. The molecule has 128 valence electrons. The Hall–Kier alpha value is -1.92. The lowest BCUT2D eigenvalue weighted by Gasteiger charge is -2.36. The van der Waals surface area contributed by atoms with Crippen LogP contribution in [0.3, 0.4) is 0 Å². The molecule has 1 fully saturated rings. The molecule has 0 spiro atoms. The van der Waals surface area contributed by atoms with E-state index in [0.29, 0.717) is 5.02 Å². The van der Waals surface area contributed by atoms with Crippen molar-refractivity contribution in [2.24, 2.45) is 0 Å². The smallest absolute Gasteiger partial charge is 0.132 e. The zero-order chi connectivity index (χ0) is 17.4. The van der Waals surface area contributed by atoms with Crippen molar-refractivity contribution >= 4 is 50.1 Å². The maximum absolute atomic E-state index is 6.33. The first kappa shape index (κ1) is 16.5. The quantitative estimate of drug-likeness (QED) is 0.627. The molecule has 0 amide bonds. The summed E-state index contributed by atoms with van der Waals surface area (Å²) in [6.07, 6.45) is 1.81. The molecule has 1 aromatic carbocycles. The van der Waals surface area contributed by atoms with E-state index >= 15 is 0 Å². The fourth-order valence-electron chi connectivity index (χ4n) is 3.10. The number of benzene rings is 1. The van der Waals surface area contributed by atoms with Gasteiger partial charge < -0.3 is 9.80 Å². The maximum atomic E-state index is 6.33. The zero-order valence-corrected chi connectivity index (χ0v) is 16.1. The molecule has 1 aliphatic rings. The molecular weight excluding hydrogens is 402 g/mol. The van der Waals surface area contributed by atoms with E-state index in [2.05, 4.69) is 47.8 Å². The van der Waals surface area contributed by atoms with Crippen LogP contribution in [0.2, 0.25) is 5.02 Å².